The fourth-order valence-corrected chi connectivity index (χ4v) is 3.51. The van der Waals surface area contributed by atoms with E-state index in [1.54, 1.807) is 12.1 Å². The van der Waals surface area contributed by atoms with Gasteiger partial charge in [0.1, 0.15) is 24.2 Å². The number of unbranched alkanes of at least 4 members (excludes halogenated alkanes) is 6. The highest BCUT2D eigenvalue weighted by molar-refractivity contribution is 5.55. The molecule has 4 nitrogen and oxygen atoms in total. The summed E-state index contributed by atoms with van der Waals surface area (Å²) < 4.78 is 19.3. The van der Waals surface area contributed by atoms with Gasteiger partial charge in [0.15, 0.2) is 5.82 Å². The molecule has 0 radical (unpaired) electrons. The monoisotopic (exact) mass is 431 g/mol. The van der Waals surface area contributed by atoms with Crippen molar-refractivity contribution in [3.63, 3.8) is 0 Å². The van der Waals surface area contributed by atoms with Crippen LogP contribution in [-0.2, 0) is 13.0 Å². The molecule has 3 aromatic rings. The number of aromatic nitrogens is 2. The van der Waals surface area contributed by atoms with Gasteiger partial charge in [0.05, 0.1) is 5.56 Å². The summed E-state index contributed by atoms with van der Waals surface area (Å²) >= 11 is 0. The Morgan fingerprint density at radius 3 is 2.22 bits per heavy atom. The fraction of sp³-hybridized carbons (Fsp3) is 0.370. The molecule has 0 spiro atoms. The molecule has 0 amide bonds. The minimum absolute atomic E-state index is 0.00938. The molecule has 0 fully saturated rings. The van der Waals surface area contributed by atoms with E-state index in [1.807, 2.05) is 36.7 Å². The van der Waals surface area contributed by atoms with Crippen molar-refractivity contribution in [1.82, 2.24) is 9.97 Å². The molecule has 0 saturated heterocycles. The Morgan fingerprint density at radius 1 is 0.875 bits per heavy atom. The predicted molar refractivity (Wildman–Crippen MR) is 125 cm³/mol. The van der Waals surface area contributed by atoms with E-state index in [2.05, 4.69) is 16.9 Å². The zero-order valence-electron chi connectivity index (χ0n) is 18.7. The Labute approximate surface area is 190 Å². The highest BCUT2D eigenvalue weighted by atomic mass is 19.1. The second-order valence-electron chi connectivity index (χ2n) is 8.03. The van der Waals surface area contributed by atoms with Gasteiger partial charge >= 0.3 is 0 Å². The van der Waals surface area contributed by atoms with E-state index in [0.29, 0.717) is 18.2 Å². The van der Waals surface area contributed by atoms with Crippen molar-refractivity contribution in [3.05, 3.63) is 77.4 Å². The summed E-state index contributed by atoms with van der Waals surface area (Å²) in [4.78, 5) is 9.05. The number of nitrogens with zero attached hydrogens (tertiary/aromatic N) is 3. The minimum Gasteiger partial charge on any atom is -0.489 e. The Bertz CT molecular complexity index is 1010. The number of ether oxygens (including phenoxy) is 1. The number of rotatable bonds is 12. The molecule has 0 aliphatic heterocycles. The molecule has 2 aromatic carbocycles. The Hall–Kier alpha value is -3.26. The number of hydrogen-bond acceptors (Lipinski definition) is 4. The lowest BCUT2D eigenvalue weighted by Gasteiger charge is -2.08. The van der Waals surface area contributed by atoms with Crippen LogP contribution < -0.4 is 4.74 Å². The highest BCUT2D eigenvalue weighted by Crippen LogP contribution is 2.20. The summed E-state index contributed by atoms with van der Waals surface area (Å²) in [5.74, 6) is 0.522. The summed E-state index contributed by atoms with van der Waals surface area (Å²) in [5.41, 5.74) is 3.09. The lowest BCUT2D eigenvalue weighted by atomic mass is 10.1. The van der Waals surface area contributed by atoms with Crippen LogP contribution in [0.2, 0.25) is 0 Å². The maximum Gasteiger partial charge on any atom is 0.159 e. The topological polar surface area (TPSA) is 58.8 Å². The maximum absolute atomic E-state index is 13.7. The first-order chi connectivity index (χ1) is 15.7. The highest BCUT2D eigenvalue weighted by Gasteiger charge is 2.05. The smallest absolute Gasteiger partial charge is 0.159 e. The van der Waals surface area contributed by atoms with Crippen molar-refractivity contribution in [3.8, 4) is 23.2 Å². The standard InChI is InChI=1S/C27H30FN3O/c1-2-3-4-5-6-7-8-9-22-18-30-27(31-19-22)23-12-10-21(11-13-23)20-32-25-15-14-24(17-29)26(28)16-25/h10-16,18-19H,2-9,20H2,1H3. The van der Waals surface area contributed by atoms with Crippen LogP contribution in [0.15, 0.2) is 54.9 Å². The van der Waals surface area contributed by atoms with Crippen molar-refractivity contribution in [2.75, 3.05) is 0 Å². The zero-order chi connectivity index (χ0) is 22.6. The molecule has 1 aromatic heterocycles. The van der Waals surface area contributed by atoms with E-state index in [9.17, 15) is 4.39 Å². The molecular weight excluding hydrogens is 401 g/mol. The molecule has 0 atom stereocenters. The fourth-order valence-electron chi connectivity index (χ4n) is 3.51. The second-order valence-corrected chi connectivity index (χ2v) is 8.03. The molecule has 0 aliphatic rings. The molecule has 166 valence electrons. The van der Waals surface area contributed by atoms with Crippen LogP contribution in [0.1, 0.15) is 68.6 Å². The van der Waals surface area contributed by atoms with Crippen molar-refractivity contribution in [1.29, 1.82) is 5.26 Å². The van der Waals surface area contributed by atoms with Gasteiger partial charge in [-0.05, 0) is 36.1 Å². The number of nitriles is 1. The molecular formula is C27H30FN3O. The van der Waals surface area contributed by atoms with E-state index in [-0.39, 0.29) is 5.56 Å². The molecule has 0 N–H and O–H groups in total. The van der Waals surface area contributed by atoms with Crippen LogP contribution in [0.3, 0.4) is 0 Å². The van der Waals surface area contributed by atoms with E-state index in [1.165, 1.54) is 62.6 Å². The van der Waals surface area contributed by atoms with Crippen molar-refractivity contribution < 1.29 is 9.13 Å². The van der Waals surface area contributed by atoms with E-state index in [0.717, 1.165) is 17.5 Å². The quantitative estimate of drug-likeness (QED) is 0.289. The second kappa shape index (κ2) is 12.6. The van der Waals surface area contributed by atoms with Gasteiger partial charge < -0.3 is 4.74 Å². The molecule has 0 saturated carbocycles. The lowest BCUT2D eigenvalue weighted by Crippen LogP contribution is -1.97. The van der Waals surface area contributed by atoms with Gasteiger partial charge in [-0.2, -0.15) is 5.26 Å². The van der Waals surface area contributed by atoms with Gasteiger partial charge in [0.2, 0.25) is 0 Å². The zero-order valence-corrected chi connectivity index (χ0v) is 18.7. The van der Waals surface area contributed by atoms with Crippen molar-refractivity contribution in [2.24, 2.45) is 0 Å². The number of benzene rings is 2. The largest absolute Gasteiger partial charge is 0.489 e. The summed E-state index contributed by atoms with van der Waals surface area (Å²) in [6, 6.07) is 13.9. The number of halogens is 1. The minimum atomic E-state index is -0.576. The number of hydrogen-bond donors (Lipinski definition) is 0. The van der Waals surface area contributed by atoms with Crippen LogP contribution in [0, 0.1) is 17.1 Å². The molecule has 0 aliphatic carbocycles. The van der Waals surface area contributed by atoms with Gasteiger partial charge in [0.25, 0.3) is 0 Å². The Morgan fingerprint density at radius 2 is 1.56 bits per heavy atom. The summed E-state index contributed by atoms with van der Waals surface area (Å²) in [7, 11) is 0. The maximum atomic E-state index is 13.7. The van der Waals surface area contributed by atoms with Crippen molar-refractivity contribution >= 4 is 0 Å². The van der Waals surface area contributed by atoms with E-state index in [4.69, 9.17) is 10.00 Å². The molecule has 5 heteroatoms. The Kier molecular flexibility index (Phi) is 9.19. The van der Waals surface area contributed by atoms with Gasteiger partial charge in [-0.3, -0.25) is 0 Å². The molecule has 0 unspecified atom stereocenters. The van der Waals surface area contributed by atoms with E-state index < -0.39 is 5.82 Å². The summed E-state index contributed by atoms with van der Waals surface area (Å²) in [5, 5.41) is 8.79. The molecule has 1 heterocycles. The molecule has 3 rings (SSSR count). The van der Waals surface area contributed by atoms with Gasteiger partial charge in [0, 0.05) is 24.0 Å². The van der Waals surface area contributed by atoms with Crippen LogP contribution in [0.4, 0.5) is 4.39 Å². The van der Waals surface area contributed by atoms with Crippen molar-refractivity contribution in [2.45, 2.75) is 64.9 Å². The third kappa shape index (κ3) is 7.16. The number of aryl methyl sites for hydroxylation is 1. The predicted octanol–water partition coefficient (Wildman–Crippen LogP) is 7.03. The van der Waals surface area contributed by atoms with Crippen LogP contribution in [0.25, 0.3) is 11.4 Å². The molecule has 32 heavy (non-hydrogen) atoms. The van der Waals surface area contributed by atoms with Gasteiger partial charge in [-0.15, -0.1) is 0 Å². The van der Waals surface area contributed by atoms with Gasteiger partial charge in [-0.25, -0.2) is 14.4 Å². The van der Waals surface area contributed by atoms with Gasteiger partial charge in [-0.1, -0.05) is 69.7 Å². The first-order valence-corrected chi connectivity index (χ1v) is 11.4. The average Bonchev–Trinajstić information content (AvgIpc) is 2.83. The third-order valence-corrected chi connectivity index (χ3v) is 5.45. The first kappa shape index (κ1) is 23.4. The van der Waals surface area contributed by atoms with E-state index >= 15 is 0 Å². The average molecular weight is 432 g/mol. The lowest BCUT2D eigenvalue weighted by molar-refractivity contribution is 0.304. The summed E-state index contributed by atoms with van der Waals surface area (Å²) in [6.07, 6.45) is 14.0. The van der Waals surface area contributed by atoms with Crippen LogP contribution in [0.5, 0.6) is 5.75 Å². The SMILES string of the molecule is CCCCCCCCCc1cnc(-c2ccc(COc3ccc(C#N)c(F)c3)cc2)nc1. The normalized spacial score (nSPS) is 10.7. The summed E-state index contributed by atoms with van der Waals surface area (Å²) in [6.45, 7) is 2.55. The van der Waals surface area contributed by atoms with Crippen LogP contribution >= 0.6 is 0 Å². The molecule has 0 bridgehead atoms. The third-order valence-electron chi connectivity index (χ3n) is 5.45. The Balaban J connectivity index is 1.46. The first-order valence-electron chi connectivity index (χ1n) is 11.4. The van der Waals surface area contributed by atoms with Crippen LogP contribution in [-0.4, -0.2) is 9.97 Å².